The molecular weight excluding hydrogens is 393 g/mol. The number of ether oxygens (including phenoxy) is 1. The van der Waals surface area contributed by atoms with Crippen molar-refractivity contribution >= 4 is 17.3 Å². The number of rotatable bonds is 4. The average Bonchev–Trinajstić information content (AvgIpc) is 2.78. The molecule has 31 heavy (non-hydrogen) atoms. The van der Waals surface area contributed by atoms with E-state index in [0.29, 0.717) is 29.7 Å². The van der Waals surface area contributed by atoms with E-state index in [4.69, 9.17) is 9.73 Å². The molecule has 0 spiro atoms. The van der Waals surface area contributed by atoms with Crippen LogP contribution in [0.25, 0.3) is 0 Å². The molecule has 1 heterocycles. The van der Waals surface area contributed by atoms with Crippen LogP contribution >= 0.6 is 0 Å². The third kappa shape index (κ3) is 3.62. The molecule has 3 aliphatic rings. The lowest BCUT2D eigenvalue weighted by Gasteiger charge is -2.38. The van der Waals surface area contributed by atoms with Gasteiger partial charge in [0.1, 0.15) is 24.0 Å². The lowest BCUT2D eigenvalue weighted by atomic mass is 9.67. The van der Waals surface area contributed by atoms with Crippen molar-refractivity contribution in [3.05, 3.63) is 76.7 Å². The fourth-order valence-corrected chi connectivity index (χ4v) is 5.07. The summed E-state index contributed by atoms with van der Waals surface area (Å²) in [5.74, 6) is -0.296. The van der Waals surface area contributed by atoms with Gasteiger partial charge in [0.2, 0.25) is 0 Å². The Balaban J connectivity index is 1.57. The minimum atomic E-state index is -0.409. The Bertz CT molecular complexity index is 1120. The van der Waals surface area contributed by atoms with Crippen LogP contribution in [-0.2, 0) is 16.2 Å². The summed E-state index contributed by atoms with van der Waals surface area (Å²) in [5.41, 5.74) is 3.70. The third-order valence-corrected chi connectivity index (χ3v) is 6.51. The lowest BCUT2D eigenvalue weighted by molar-refractivity contribution is -0.122. The van der Waals surface area contributed by atoms with Crippen molar-refractivity contribution in [1.82, 2.24) is 0 Å². The Hall–Kier alpha value is -3.08. The van der Waals surface area contributed by atoms with E-state index >= 15 is 0 Å². The zero-order valence-corrected chi connectivity index (χ0v) is 17.3. The van der Waals surface area contributed by atoms with Crippen LogP contribution in [0.1, 0.15) is 55.6 Å². The van der Waals surface area contributed by atoms with Gasteiger partial charge in [0.15, 0.2) is 5.78 Å². The molecule has 4 nitrogen and oxygen atoms in total. The van der Waals surface area contributed by atoms with Crippen LogP contribution in [0.2, 0.25) is 0 Å². The summed E-state index contributed by atoms with van der Waals surface area (Å²) in [4.78, 5) is 30.8. The van der Waals surface area contributed by atoms with Crippen LogP contribution in [0.15, 0.2) is 64.8 Å². The van der Waals surface area contributed by atoms with Gasteiger partial charge in [0.05, 0.1) is 5.92 Å². The number of aliphatic imine (C=N–C) groups is 1. The van der Waals surface area contributed by atoms with Crippen molar-refractivity contribution in [3.8, 4) is 5.75 Å². The highest BCUT2D eigenvalue weighted by atomic mass is 19.1. The second-order valence-corrected chi connectivity index (χ2v) is 8.43. The summed E-state index contributed by atoms with van der Waals surface area (Å²) >= 11 is 0. The molecule has 0 bridgehead atoms. The number of hydrogen-bond donors (Lipinski definition) is 0. The van der Waals surface area contributed by atoms with Crippen LogP contribution < -0.4 is 4.74 Å². The van der Waals surface area contributed by atoms with Gasteiger partial charge in [-0.1, -0.05) is 36.4 Å². The van der Waals surface area contributed by atoms with Crippen LogP contribution in [-0.4, -0.2) is 17.3 Å². The molecule has 0 radical (unpaired) electrons. The quantitative estimate of drug-likeness (QED) is 0.677. The number of Topliss-reactive ketones (excluding diaryl/α,β-unsaturated/α-hetero) is 2. The van der Waals surface area contributed by atoms with Gasteiger partial charge in [-0.3, -0.25) is 14.6 Å². The lowest BCUT2D eigenvalue weighted by Crippen LogP contribution is -2.39. The molecule has 0 amide bonds. The number of allylic oxidation sites excluding steroid dienone is 2. The van der Waals surface area contributed by atoms with Crippen molar-refractivity contribution < 1.29 is 18.7 Å². The molecular formula is C26H24FNO3. The molecule has 5 rings (SSSR count). The van der Waals surface area contributed by atoms with Crippen LogP contribution in [0, 0.1) is 11.7 Å². The smallest absolute Gasteiger partial charge is 0.161 e. The molecule has 1 aliphatic heterocycles. The maximum atomic E-state index is 14.1. The fraction of sp³-hybridized carbons (Fsp3) is 0.346. The number of halogens is 1. The Morgan fingerprint density at radius 2 is 1.68 bits per heavy atom. The van der Waals surface area contributed by atoms with E-state index in [1.165, 1.54) is 6.07 Å². The monoisotopic (exact) mass is 417 g/mol. The van der Waals surface area contributed by atoms with E-state index in [1.54, 1.807) is 18.2 Å². The first-order valence-electron chi connectivity index (χ1n) is 10.9. The first-order valence-corrected chi connectivity index (χ1v) is 10.9. The molecule has 0 N–H and O–H groups in total. The summed E-state index contributed by atoms with van der Waals surface area (Å²) in [7, 11) is 0. The minimum Gasteiger partial charge on any atom is -0.488 e. The summed E-state index contributed by atoms with van der Waals surface area (Å²) in [5, 5.41) is 0. The Labute approximate surface area is 180 Å². The topological polar surface area (TPSA) is 55.7 Å². The number of para-hydroxylation sites is 1. The Morgan fingerprint density at radius 3 is 2.55 bits per heavy atom. The van der Waals surface area contributed by atoms with Gasteiger partial charge in [-0.05, 0) is 37.8 Å². The van der Waals surface area contributed by atoms with E-state index in [-0.39, 0.29) is 29.9 Å². The molecule has 2 aliphatic carbocycles. The Morgan fingerprint density at radius 1 is 0.903 bits per heavy atom. The van der Waals surface area contributed by atoms with Gasteiger partial charge >= 0.3 is 0 Å². The standard InChI is InChI=1S/C26H24FNO3/c27-18-9-3-1-7-16(18)15-31-23-14-4-2-8-17(23)24-25-19(10-5-12-21(25)29)28-20-11-6-13-22(30)26(20)24/h1-4,7-9,14,24-25H,5-6,10-13,15H2/t24-,25?/m0/s1. The number of benzene rings is 2. The highest BCUT2D eigenvalue weighted by molar-refractivity contribution is 6.12. The highest BCUT2D eigenvalue weighted by Gasteiger charge is 2.45. The maximum Gasteiger partial charge on any atom is 0.161 e. The first-order chi connectivity index (χ1) is 15.1. The van der Waals surface area contributed by atoms with Crippen molar-refractivity contribution in [2.75, 3.05) is 0 Å². The van der Waals surface area contributed by atoms with Crippen LogP contribution in [0.5, 0.6) is 5.75 Å². The molecule has 1 unspecified atom stereocenters. The zero-order valence-electron chi connectivity index (χ0n) is 17.3. The van der Waals surface area contributed by atoms with Crippen molar-refractivity contribution in [2.45, 2.75) is 51.0 Å². The number of hydrogen-bond acceptors (Lipinski definition) is 4. The number of fused-ring (bicyclic) bond motifs is 1. The molecule has 0 saturated heterocycles. The van der Waals surface area contributed by atoms with Gasteiger partial charge in [0, 0.05) is 46.9 Å². The second kappa shape index (κ2) is 8.22. The molecule has 1 fully saturated rings. The Kier molecular flexibility index (Phi) is 5.26. The molecule has 5 heteroatoms. The van der Waals surface area contributed by atoms with Gasteiger partial charge in [-0.2, -0.15) is 0 Å². The van der Waals surface area contributed by atoms with Crippen molar-refractivity contribution in [1.29, 1.82) is 0 Å². The molecule has 0 aromatic heterocycles. The van der Waals surface area contributed by atoms with E-state index in [9.17, 15) is 14.0 Å². The van der Waals surface area contributed by atoms with E-state index in [2.05, 4.69) is 0 Å². The number of nitrogens with zero attached hydrogens (tertiary/aromatic N) is 1. The highest BCUT2D eigenvalue weighted by Crippen LogP contribution is 2.48. The number of carbonyl (C=O) groups is 2. The van der Waals surface area contributed by atoms with Crippen molar-refractivity contribution in [2.24, 2.45) is 10.9 Å². The third-order valence-electron chi connectivity index (χ3n) is 6.51. The maximum absolute atomic E-state index is 14.1. The predicted octanol–water partition coefficient (Wildman–Crippen LogP) is 5.32. The second-order valence-electron chi connectivity index (χ2n) is 8.43. The first kappa shape index (κ1) is 19.9. The largest absolute Gasteiger partial charge is 0.488 e. The fourth-order valence-electron chi connectivity index (χ4n) is 5.07. The normalized spacial score (nSPS) is 23.2. The minimum absolute atomic E-state index is 0.0792. The van der Waals surface area contributed by atoms with E-state index in [0.717, 1.165) is 42.7 Å². The molecule has 2 aromatic carbocycles. The van der Waals surface area contributed by atoms with Crippen LogP contribution in [0.3, 0.4) is 0 Å². The number of carbonyl (C=O) groups excluding carboxylic acids is 2. The molecule has 158 valence electrons. The summed E-state index contributed by atoms with van der Waals surface area (Å²) < 4.78 is 20.2. The van der Waals surface area contributed by atoms with Gasteiger partial charge in [-0.25, -0.2) is 4.39 Å². The molecule has 2 aromatic rings. The van der Waals surface area contributed by atoms with Gasteiger partial charge in [-0.15, -0.1) is 0 Å². The van der Waals surface area contributed by atoms with Crippen LogP contribution in [0.4, 0.5) is 4.39 Å². The average molecular weight is 417 g/mol. The summed E-state index contributed by atoms with van der Waals surface area (Å²) in [6, 6.07) is 14.0. The number of ketones is 2. The van der Waals surface area contributed by atoms with Gasteiger partial charge in [0.25, 0.3) is 0 Å². The van der Waals surface area contributed by atoms with E-state index < -0.39 is 5.92 Å². The summed E-state index contributed by atoms with van der Waals surface area (Å²) in [6.45, 7) is 0.0792. The predicted molar refractivity (Wildman–Crippen MR) is 116 cm³/mol. The molecule has 2 atom stereocenters. The molecule has 1 saturated carbocycles. The SMILES string of the molecule is O=C1CCCC2=C1[C@@H](c1ccccc1OCc1ccccc1F)C1C(=O)CCCC1=N2. The zero-order chi connectivity index (χ0) is 21.4. The summed E-state index contributed by atoms with van der Waals surface area (Å²) in [6.07, 6.45) is 4.15. The van der Waals surface area contributed by atoms with Gasteiger partial charge < -0.3 is 4.74 Å². The van der Waals surface area contributed by atoms with Crippen molar-refractivity contribution in [3.63, 3.8) is 0 Å². The van der Waals surface area contributed by atoms with E-state index in [1.807, 2.05) is 24.3 Å².